The maximum absolute atomic E-state index is 12.5. The van der Waals surface area contributed by atoms with Gasteiger partial charge < -0.3 is 20.3 Å². The lowest BCUT2D eigenvalue weighted by Crippen LogP contribution is -2.45. The van der Waals surface area contributed by atoms with Crippen LogP contribution in [0.1, 0.15) is 335 Å². The van der Waals surface area contributed by atoms with Crippen molar-refractivity contribution in [3.05, 3.63) is 24.3 Å². The molecule has 3 N–H and O–H groups in total. The van der Waals surface area contributed by atoms with E-state index in [2.05, 4.69) is 31.3 Å². The van der Waals surface area contributed by atoms with E-state index in [4.69, 9.17) is 4.74 Å². The molecule has 0 aliphatic heterocycles. The molecule has 0 aliphatic rings. The van der Waals surface area contributed by atoms with Crippen LogP contribution in [0, 0.1) is 0 Å². The van der Waals surface area contributed by atoms with Crippen LogP contribution >= 0.6 is 0 Å². The molecule has 2 atom stereocenters. The van der Waals surface area contributed by atoms with Gasteiger partial charge in [-0.25, -0.2) is 0 Å². The number of hydrogen-bond acceptors (Lipinski definition) is 5. The van der Waals surface area contributed by atoms with Crippen LogP contribution in [0.4, 0.5) is 0 Å². The number of amides is 1. The van der Waals surface area contributed by atoms with Gasteiger partial charge >= 0.3 is 5.97 Å². The predicted molar refractivity (Wildman–Crippen MR) is 296 cm³/mol. The summed E-state index contributed by atoms with van der Waals surface area (Å²) < 4.78 is 5.48. The van der Waals surface area contributed by atoms with Crippen molar-refractivity contribution in [1.29, 1.82) is 0 Å². The molecule has 0 heterocycles. The van der Waals surface area contributed by atoms with Crippen molar-refractivity contribution in [3.8, 4) is 0 Å². The third kappa shape index (κ3) is 53.7. The van der Waals surface area contributed by atoms with Gasteiger partial charge in [-0.15, -0.1) is 0 Å². The molecule has 0 bridgehead atoms. The number of nitrogens with one attached hydrogen (secondary N) is 1. The quantitative estimate of drug-likeness (QED) is 0.0321. The Bertz CT molecular complexity index is 1060. The van der Waals surface area contributed by atoms with Crippen LogP contribution in [-0.2, 0) is 14.3 Å². The second-order valence-electron chi connectivity index (χ2n) is 21.0. The standard InChI is InChI=1S/C62H119NO5/c1-3-5-7-9-11-13-15-17-19-20-24-27-30-34-38-42-46-50-54-60(65)59(58-64)63-61(66)55-51-47-43-39-35-31-28-25-22-21-23-26-29-33-37-41-45-49-53-57-68-62(67)56-52-48-44-40-36-32-18-16-14-12-10-8-6-4-2/h21-22,50,54,59-60,64-65H,3-20,23-49,51-53,55-58H2,1-2H3,(H,63,66)/b22-21-,54-50+. The minimum absolute atomic E-state index is 0.00581. The maximum Gasteiger partial charge on any atom is 0.305 e. The van der Waals surface area contributed by atoms with Gasteiger partial charge in [0.2, 0.25) is 5.91 Å². The van der Waals surface area contributed by atoms with Crippen molar-refractivity contribution >= 4 is 11.9 Å². The van der Waals surface area contributed by atoms with Crippen LogP contribution in [0.5, 0.6) is 0 Å². The Morgan fingerprint density at radius 3 is 1.04 bits per heavy atom. The van der Waals surface area contributed by atoms with Crippen LogP contribution in [-0.4, -0.2) is 47.4 Å². The van der Waals surface area contributed by atoms with E-state index in [1.54, 1.807) is 6.08 Å². The second kappa shape index (κ2) is 57.9. The van der Waals surface area contributed by atoms with Gasteiger partial charge in [-0.3, -0.25) is 9.59 Å². The number of esters is 1. The summed E-state index contributed by atoms with van der Waals surface area (Å²) in [4.78, 5) is 24.5. The monoisotopic (exact) mass is 958 g/mol. The molecule has 68 heavy (non-hydrogen) atoms. The molecular weight excluding hydrogens is 839 g/mol. The molecule has 0 saturated carbocycles. The number of rotatable bonds is 57. The van der Waals surface area contributed by atoms with E-state index in [9.17, 15) is 19.8 Å². The van der Waals surface area contributed by atoms with Gasteiger partial charge in [0, 0.05) is 12.8 Å². The molecule has 0 fully saturated rings. The first-order valence-electron chi connectivity index (χ1n) is 30.6. The van der Waals surface area contributed by atoms with Crippen molar-refractivity contribution in [2.45, 2.75) is 347 Å². The predicted octanol–water partition coefficient (Wildman–Crippen LogP) is 19.0. The summed E-state index contributed by atoms with van der Waals surface area (Å²) >= 11 is 0. The van der Waals surface area contributed by atoms with Gasteiger partial charge in [0.15, 0.2) is 0 Å². The van der Waals surface area contributed by atoms with Crippen LogP contribution in [0.15, 0.2) is 24.3 Å². The average molecular weight is 959 g/mol. The normalized spacial score (nSPS) is 12.7. The molecule has 2 unspecified atom stereocenters. The lowest BCUT2D eigenvalue weighted by atomic mass is 10.0. The SMILES string of the molecule is CCCCCCCCCCCCCCCCCC/C=C/C(O)C(CO)NC(=O)CCCCCCCCC/C=C\CCCCCCCCCCOC(=O)CCCCCCCCCCCCCCCC. The average Bonchev–Trinajstić information content (AvgIpc) is 3.34. The lowest BCUT2D eigenvalue weighted by Gasteiger charge is -2.20. The number of ether oxygens (including phenoxy) is 1. The third-order valence-corrected chi connectivity index (χ3v) is 14.2. The molecule has 6 nitrogen and oxygen atoms in total. The number of aliphatic hydroxyl groups is 2. The van der Waals surface area contributed by atoms with E-state index < -0.39 is 12.1 Å². The molecule has 0 aromatic carbocycles. The fourth-order valence-corrected chi connectivity index (χ4v) is 9.51. The van der Waals surface area contributed by atoms with Crippen molar-refractivity contribution < 1.29 is 24.5 Å². The van der Waals surface area contributed by atoms with Gasteiger partial charge in [0.25, 0.3) is 0 Å². The fraction of sp³-hybridized carbons (Fsp3) is 0.903. The summed E-state index contributed by atoms with van der Waals surface area (Å²) in [5, 5.41) is 23.2. The summed E-state index contributed by atoms with van der Waals surface area (Å²) in [6.07, 6.45) is 70.6. The highest BCUT2D eigenvalue weighted by Gasteiger charge is 2.18. The largest absolute Gasteiger partial charge is 0.466 e. The Balaban J connectivity index is 3.46. The molecule has 0 rings (SSSR count). The van der Waals surface area contributed by atoms with E-state index in [-0.39, 0.29) is 18.5 Å². The van der Waals surface area contributed by atoms with Gasteiger partial charge in [-0.05, 0) is 57.8 Å². The zero-order chi connectivity index (χ0) is 49.3. The Morgan fingerprint density at radius 2 is 0.691 bits per heavy atom. The first-order chi connectivity index (χ1) is 33.5. The highest BCUT2D eigenvalue weighted by molar-refractivity contribution is 5.76. The Kier molecular flexibility index (Phi) is 56.5. The first-order valence-corrected chi connectivity index (χ1v) is 30.6. The van der Waals surface area contributed by atoms with Gasteiger partial charge in [0.05, 0.1) is 25.4 Å². The molecule has 0 spiro atoms. The highest BCUT2D eigenvalue weighted by Crippen LogP contribution is 2.17. The van der Waals surface area contributed by atoms with Crippen molar-refractivity contribution in [2.24, 2.45) is 0 Å². The fourth-order valence-electron chi connectivity index (χ4n) is 9.51. The summed E-state index contributed by atoms with van der Waals surface area (Å²) in [6.45, 7) is 4.91. The minimum Gasteiger partial charge on any atom is -0.466 e. The summed E-state index contributed by atoms with van der Waals surface area (Å²) in [6, 6.07) is -0.635. The van der Waals surface area contributed by atoms with Gasteiger partial charge in [-0.2, -0.15) is 0 Å². The smallest absolute Gasteiger partial charge is 0.305 e. The van der Waals surface area contributed by atoms with Crippen molar-refractivity contribution in [2.75, 3.05) is 13.2 Å². The zero-order valence-corrected chi connectivity index (χ0v) is 45.9. The zero-order valence-electron chi connectivity index (χ0n) is 45.9. The molecule has 0 aromatic rings. The topological polar surface area (TPSA) is 95.9 Å². The van der Waals surface area contributed by atoms with E-state index in [0.717, 1.165) is 51.4 Å². The van der Waals surface area contributed by atoms with Crippen LogP contribution < -0.4 is 5.32 Å². The first kappa shape index (κ1) is 66.3. The molecule has 402 valence electrons. The highest BCUT2D eigenvalue weighted by atomic mass is 16.5. The van der Waals surface area contributed by atoms with Gasteiger partial charge in [0.1, 0.15) is 0 Å². The molecule has 0 saturated heterocycles. The molecule has 0 aromatic heterocycles. The van der Waals surface area contributed by atoms with E-state index in [1.807, 2.05) is 6.08 Å². The van der Waals surface area contributed by atoms with E-state index in [1.165, 1.54) is 257 Å². The van der Waals surface area contributed by atoms with Crippen LogP contribution in [0.2, 0.25) is 0 Å². The molecular formula is C62H119NO5. The number of carbonyl (C=O) groups is 2. The number of carbonyl (C=O) groups excluding carboxylic acids is 2. The summed E-state index contributed by atoms with van der Waals surface area (Å²) in [5.74, 6) is -0.0694. The molecule has 0 aliphatic carbocycles. The van der Waals surface area contributed by atoms with Gasteiger partial charge in [-0.1, -0.05) is 289 Å². The molecule has 1 amide bonds. The Labute approximate surface area is 424 Å². The summed E-state index contributed by atoms with van der Waals surface area (Å²) in [5.41, 5.74) is 0. The van der Waals surface area contributed by atoms with E-state index >= 15 is 0 Å². The number of unbranched alkanes of at least 4 members (excludes halogenated alkanes) is 44. The Hall–Kier alpha value is -1.66. The molecule has 0 radical (unpaired) electrons. The second-order valence-corrected chi connectivity index (χ2v) is 21.0. The lowest BCUT2D eigenvalue weighted by molar-refractivity contribution is -0.143. The number of aliphatic hydroxyl groups excluding tert-OH is 2. The minimum atomic E-state index is -0.851. The van der Waals surface area contributed by atoms with Crippen LogP contribution in [0.3, 0.4) is 0 Å². The Morgan fingerprint density at radius 1 is 0.397 bits per heavy atom. The maximum atomic E-state index is 12.5. The van der Waals surface area contributed by atoms with E-state index in [0.29, 0.717) is 19.4 Å². The van der Waals surface area contributed by atoms with Crippen molar-refractivity contribution in [3.63, 3.8) is 0 Å². The number of allylic oxidation sites excluding steroid dienone is 3. The third-order valence-electron chi connectivity index (χ3n) is 14.2. The van der Waals surface area contributed by atoms with Crippen LogP contribution in [0.25, 0.3) is 0 Å². The molecule has 6 heteroatoms. The number of hydrogen-bond donors (Lipinski definition) is 3. The summed E-state index contributed by atoms with van der Waals surface area (Å²) in [7, 11) is 0. The van der Waals surface area contributed by atoms with Crippen molar-refractivity contribution in [1.82, 2.24) is 5.32 Å².